The van der Waals surface area contributed by atoms with Crippen LogP contribution in [0.3, 0.4) is 0 Å². The molecule has 2 rings (SSSR count). The lowest BCUT2D eigenvalue weighted by atomic mass is 9.98. The van der Waals surface area contributed by atoms with Crippen molar-refractivity contribution in [2.45, 2.75) is 18.6 Å². The second kappa shape index (κ2) is 6.03. The van der Waals surface area contributed by atoms with Crippen LogP contribution in [0.4, 0.5) is 17.6 Å². The summed E-state index contributed by atoms with van der Waals surface area (Å²) in [5.74, 6) is -0.603. The Morgan fingerprint density at radius 2 is 1.76 bits per heavy atom. The first-order valence-electron chi connectivity index (χ1n) is 6.14. The highest BCUT2D eigenvalue weighted by molar-refractivity contribution is 6.31. The Hall–Kier alpha value is -1.59. The fourth-order valence-corrected chi connectivity index (χ4v) is 2.31. The summed E-state index contributed by atoms with van der Waals surface area (Å²) in [6.07, 6.45) is -4.27. The topological polar surface area (TPSA) is 26.0 Å². The third-order valence-corrected chi connectivity index (χ3v) is 3.49. The predicted molar refractivity (Wildman–Crippen MR) is 73.5 cm³/mol. The van der Waals surface area contributed by atoms with Crippen molar-refractivity contribution in [3.63, 3.8) is 0 Å². The number of benzene rings is 2. The van der Waals surface area contributed by atoms with E-state index in [1.54, 1.807) is 12.1 Å². The summed E-state index contributed by atoms with van der Waals surface area (Å²) in [5.41, 5.74) is 5.97. The van der Waals surface area contributed by atoms with E-state index in [1.165, 1.54) is 18.2 Å². The van der Waals surface area contributed by atoms with Gasteiger partial charge in [0, 0.05) is 6.04 Å². The molecule has 0 spiro atoms. The van der Waals surface area contributed by atoms with Gasteiger partial charge in [-0.15, -0.1) is 0 Å². The minimum absolute atomic E-state index is 0.100. The van der Waals surface area contributed by atoms with Gasteiger partial charge in [0.25, 0.3) is 0 Å². The van der Waals surface area contributed by atoms with Gasteiger partial charge in [-0.3, -0.25) is 0 Å². The zero-order valence-corrected chi connectivity index (χ0v) is 11.5. The van der Waals surface area contributed by atoms with Crippen LogP contribution in [0.15, 0.2) is 42.5 Å². The van der Waals surface area contributed by atoms with E-state index in [9.17, 15) is 17.6 Å². The maximum absolute atomic E-state index is 13.4. The Bertz CT molecular complexity index is 640. The average Bonchev–Trinajstić information content (AvgIpc) is 2.41. The molecule has 0 saturated heterocycles. The standard InChI is InChI=1S/C15H12ClF4N/c16-14-11(5-2-6-12(14)17)13(21)8-9-3-1-4-10(7-9)15(18,19)20/h1-7,13H,8,21H2. The molecule has 0 bridgehead atoms. The summed E-state index contributed by atoms with van der Waals surface area (Å²) in [6.45, 7) is 0. The van der Waals surface area contributed by atoms with Crippen molar-refractivity contribution >= 4 is 11.6 Å². The zero-order valence-electron chi connectivity index (χ0n) is 10.8. The van der Waals surface area contributed by atoms with Crippen LogP contribution in [0, 0.1) is 5.82 Å². The molecule has 0 aliphatic rings. The molecule has 0 fully saturated rings. The Morgan fingerprint density at radius 1 is 1.10 bits per heavy atom. The lowest BCUT2D eigenvalue weighted by molar-refractivity contribution is -0.137. The average molecular weight is 318 g/mol. The van der Waals surface area contributed by atoms with Crippen LogP contribution in [0.25, 0.3) is 0 Å². The van der Waals surface area contributed by atoms with Crippen LogP contribution in [0.5, 0.6) is 0 Å². The van der Waals surface area contributed by atoms with Crippen LogP contribution in [-0.4, -0.2) is 0 Å². The van der Waals surface area contributed by atoms with Crippen LogP contribution in [0.2, 0.25) is 5.02 Å². The van der Waals surface area contributed by atoms with E-state index in [0.717, 1.165) is 12.1 Å². The minimum Gasteiger partial charge on any atom is -0.324 e. The molecule has 1 unspecified atom stereocenters. The minimum atomic E-state index is -4.41. The second-order valence-corrected chi connectivity index (χ2v) is 5.03. The quantitative estimate of drug-likeness (QED) is 0.813. The van der Waals surface area contributed by atoms with Crippen molar-refractivity contribution in [1.82, 2.24) is 0 Å². The van der Waals surface area contributed by atoms with Gasteiger partial charge in [0.2, 0.25) is 0 Å². The van der Waals surface area contributed by atoms with Gasteiger partial charge in [0.15, 0.2) is 0 Å². The molecule has 1 nitrogen and oxygen atoms in total. The van der Waals surface area contributed by atoms with Gasteiger partial charge in [-0.25, -0.2) is 4.39 Å². The lowest BCUT2D eigenvalue weighted by Gasteiger charge is -2.15. The number of hydrogen-bond acceptors (Lipinski definition) is 1. The highest BCUT2D eigenvalue weighted by Gasteiger charge is 2.30. The molecular weight excluding hydrogens is 306 g/mol. The van der Waals surface area contributed by atoms with Crippen LogP contribution in [0.1, 0.15) is 22.7 Å². The number of hydrogen-bond donors (Lipinski definition) is 1. The molecule has 21 heavy (non-hydrogen) atoms. The number of alkyl halides is 3. The van der Waals surface area contributed by atoms with Gasteiger partial charge < -0.3 is 5.73 Å². The molecule has 0 heterocycles. The molecule has 112 valence electrons. The predicted octanol–water partition coefficient (Wildman–Crippen LogP) is 4.74. The second-order valence-electron chi connectivity index (χ2n) is 4.65. The smallest absolute Gasteiger partial charge is 0.324 e. The Morgan fingerprint density at radius 3 is 2.43 bits per heavy atom. The fourth-order valence-electron chi connectivity index (χ4n) is 2.05. The number of nitrogens with two attached hydrogens (primary N) is 1. The molecule has 6 heteroatoms. The maximum Gasteiger partial charge on any atom is 0.416 e. The SMILES string of the molecule is NC(Cc1cccc(C(F)(F)F)c1)c1cccc(F)c1Cl. The summed E-state index contributed by atoms with van der Waals surface area (Å²) in [4.78, 5) is 0. The van der Waals surface area contributed by atoms with Crippen molar-refractivity contribution in [3.05, 3.63) is 70.0 Å². The highest BCUT2D eigenvalue weighted by atomic mass is 35.5. The molecule has 1 atom stereocenters. The van der Waals surface area contributed by atoms with Gasteiger partial charge in [0.05, 0.1) is 10.6 Å². The molecule has 2 N–H and O–H groups in total. The largest absolute Gasteiger partial charge is 0.416 e. The normalized spacial score (nSPS) is 13.2. The Kier molecular flexibility index (Phi) is 4.54. The van der Waals surface area contributed by atoms with Gasteiger partial charge >= 0.3 is 6.18 Å². The van der Waals surface area contributed by atoms with E-state index >= 15 is 0 Å². The first-order valence-corrected chi connectivity index (χ1v) is 6.52. The molecule has 2 aromatic rings. The molecule has 2 aromatic carbocycles. The van der Waals surface area contributed by atoms with E-state index in [1.807, 2.05) is 0 Å². The zero-order chi connectivity index (χ0) is 15.6. The number of halogens is 5. The van der Waals surface area contributed by atoms with Crippen LogP contribution < -0.4 is 5.73 Å². The van der Waals surface area contributed by atoms with Crippen molar-refractivity contribution in [2.24, 2.45) is 5.73 Å². The summed E-state index contributed by atoms with van der Waals surface area (Å²) < 4.78 is 51.3. The molecular formula is C15H12ClF4N. The Labute approximate surface area is 124 Å². The monoisotopic (exact) mass is 317 g/mol. The van der Waals surface area contributed by atoms with Gasteiger partial charge in [-0.2, -0.15) is 13.2 Å². The fraction of sp³-hybridized carbons (Fsp3) is 0.200. The van der Waals surface area contributed by atoms with E-state index < -0.39 is 23.6 Å². The Balaban J connectivity index is 2.24. The van der Waals surface area contributed by atoms with Crippen molar-refractivity contribution in [2.75, 3.05) is 0 Å². The van der Waals surface area contributed by atoms with Crippen LogP contribution >= 0.6 is 11.6 Å². The molecule has 0 aromatic heterocycles. The van der Waals surface area contributed by atoms with E-state index in [0.29, 0.717) is 11.1 Å². The summed E-state index contributed by atoms with van der Waals surface area (Å²) in [7, 11) is 0. The van der Waals surface area contributed by atoms with Crippen molar-refractivity contribution < 1.29 is 17.6 Å². The van der Waals surface area contributed by atoms with Crippen molar-refractivity contribution in [1.29, 1.82) is 0 Å². The van der Waals surface area contributed by atoms with Crippen molar-refractivity contribution in [3.8, 4) is 0 Å². The summed E-state index contributed by atoms with van der Waals surface area (Å²) >= 11 is 5.82. The van der Waals surface area contributed by atoms with Gasteiger partial charge in [0.1, 0.15) is 5.82 Å². The summed E-state index contributed by atoms with van der Waals surface area (Å²) in [6, 6.07) is 8.42. The first kappa shape index (κ1) is 15.8. The third-order valence-electron chi connectivity index (χ3n) is 3.09. The maximum atomic E-state index is 13.4. The molecule has 0 aliphatic heterocycles. The van der Waals surface area contributed by atoms with Gasteiger partial charge in [-0.05, 0) is 29.7 Å². The highest BCUT2D eigenvalue weighted by Crippen LogP contribution is 2.31. The summed E-state index contributed by atoms with van der Waals surface area (Å²) in [5, 5.41) is -0.100. The first-order chi connectivity index (χ1) is 9.79. The van der Waals surface area contributed by atoms with E-state index in [2.05, 4.69) is 0 Å². The van der Waals surface area contributed by atoms with E-state index in [4.69, 9.17) is 17.3 Å². The molecule has 0 amide bonds. The van der Waals surface area contributed by atoms with Crippen LogP contribution in [-0.2, 0) is 12.6 Å². The molecule has 0 radical (unpaired) electrons. The van der Waals surface area contributed by atoms with E-state index in [-0.39, 0.29) is 11.4 Å². The molecule has 0 aliphatic carbocycles. The third kappa shape index (κ3) is 3.74. The lowest BCUT2D eigenvalue weighted by Crippen LogP contribution is -2.15. The molecule has 0 saturated carbocycles. The number of rotatable bonds is 3. The van der Waals surface area contributed by atoms with Gasteiger partial charge in [-0.1, -0.05) is 41.9 Å².